The van der Waals surface area contributed by atoms with Gasteiger partial charge in [0.1, 0.15) is 6.54 Å². The van der Waals surface area contributed by atoms with E-state index in [1.54, 1.807) is 36.4 Å². The van der Waals surface area contributed by atoms with Crippen LogP contribution in [0.2, 0.25) is 0 Å². The van der Waals surface area contributed by atoms with Crippen LogP contribution in [0.15, 0.2) is 48.5 Å². The molecule has 2 aromatic rings. The monoisotopic (exact) mass is 371 g/mol. The van der Waals surface area contributed by atoms with E-state index < -0.39 is 15.9 Å². The Kier molecular flexibility index (Phi) is 6.36. The zero-order valence-electron chi connectivity index (χ0n) is 14.8. The Morgan fingerprint density at radius 2 is 1.81 bits per heavy atom. The molecule has 0 aliphatic rings. The molecule has 1 amide bonds. The number of amides is 1. The zero-order valence-corrected chi connectivity index (χ0v) is 15.6. The maximum Gasteiger partial charge on any atom is 0.245 e. The van der Waals surface area contributed by atoms with Gasteiger partial charge in [-0.3, -0.25) is 9.10 Å². The van der Waals surface area contributed by atoms with Crippen LogP contribution in [0.1, 0.15) is 18.1 Å². The molecular weight excluding hydrogens is 350 g/mol. The van der Waals surface area contributed by atoms with E-state index in [4.69, 9.17) is 5.26 Å². The zero-order chi connectivity index (χ0) is 19.2. The smallest absolute Gasteiger partial charge is 0.245 e. The second-order valence-corrected chi connectivity index (χ2v) is 7.74. The lowest BCUT2D eigenvalue weighted by Gasteiger charge is -2.24. The van der Waals surface area contributed by atoms with Gasteiger partial charge in [-0.2, -0.15) is 5.26 Å². The molecular formula is C19H21N3O3S. The molecule has 0 aliphatic carbocycles. The van der Waals surface area contributed by atoms with Crippen LogP contribution in [0.3, 0.4) is 0 Å². The summed E-state index contributed by atoms with van der Waals surface area (Å²) >= 11 is 0. The van der Waals surface area contributed by atoms with Gasteiger partial charge >= 0.3 is 0 Å². The van der Waals surface area contributed by atoms with Gasteiger partial charge in [-0.25, -0.2) is 8.42 Å². The van der Waals surface area contributed by atoms with Gasteiger partial charge in [-0.15, -0.1) is 0 Å². The van der Waals surface area contributed by atoms with Gasteiger partial charge in [0, 0.05) is 5.69 Å². The van der Waals surface area contributed by atoms with E-state index in [0.717, 1.165) is 21.7 Å². The van der Waals surface area contributed by atoms with Crippen molar-refractivity contribution in [1.29, 1.82) is 5.26 Å². The maximum atomic E-state index is 12.4. The molecule has 0 spiro atoms. The number of rotatable bonds is 7. The molecule has 2 aromatic carbocycles. The van der Waals surface area contributed by atoms with Crippen molar-refractivity contribution in [3.05, 3.63) is 59.7 Å². The molecule has 7 heteroatoms. The normalized spacial score (nSPS) is 10.8. The van der Waals surface area contributed by atoms with Crippen molar-refractivity contribution in [2.75, 3.05) is 22.4 Å². The van der Waals surface area contributed by atoms with E-state index in [-0.39, 0.29) is 6.54 Å². The summed E-state index contributed by atoms with van der Waals surface area (Å²) in [5.74, 6) is -0.436. The second kappa shape index (κ2) is 8.50. The number of anilines is 2. The lowest BCUT2D eigenvalue weighted by atomic mass is 10.1. The predicted molar refractivity (Wildman–Crippen MR) is 102 cm³/mol. The summed E-state index contributed by atoms with van der Waals surface area (Å²) < 4.78 is 25.6. The first-order chi connectivity index (χ1) is 12.3. The molecule has 2 rings (SSSR count). The van der Waals surface area contributed by atoms with Crippen molar-refractivity contribution < 1.29 is 13.2 Å². The Morgan fingerprint density at radius 1 is 1.15 bits per heavy atom. The van der Waals surface area contributed by atoms with E-state index in [1.807, 2.05) is 19.1 Å². The fourth-order valence-corrected chi connectivity index (χ4v) is 3.45. The van der Waals surface area contributed by atoms with Gasteiger partial charge < -0.3 is 5.32 Å². The van der Waals surface area contributed by atoms with Crippen molar-refractivity contribution in [3.8, 4) is 6.07 Å². The van der Waals surface area contributed by atoms with Crippen LogP contribution in [0.25, 0.3) is 0 Å². The highest BCUT2D eigenvalue weighted by Gasteiger charge is 2.22. The van der Waals surface area contributed by atoms with Crippen LogP contribution in [0, 0.1) is 11.3 Å². The van der Waals surface area contributed by atoms with E-state index in [9.17, 15) is 13.2 Å². The number of aryl methyl sites for hydroxylation is 1. The highest BCUT2D eigenvalue weighted by Crippen LogP contribution is 2.23. The third kappa shape index (κ3) is 5.07. The first kappa shape index (κ1) is 19.5. The molecule has 0 saturated heterocycles. The van der Waals surface area contributed by atoms with E-state index >= 15 is 0 Å². The molecule has 26 heavy (non-hydrogen) atoms. The maximum absolute atomic E-state index is 12.4. The SMILES string of the molecule is CCc1ccccc1N(CC(=O)Nc1ccc(CC#N)cc1)S(C)(=O)=O. The van der Waals surface area contributed by atoms with Crippen LogP contribution in [-0.4, -0.2) is 27.1 Å². The Hall–Kier alpha value is -2.85. The number of carbonyl (C=O) groups excluding carboxylic acids is 1. The molecule has 0 bridgehead atoms. The second-order valence-electron chi connectivity index (χ2n) is 5.83. The Bertz CT molecular complexity index is 916. The summed E-state index contributed by atoms with van der Waals surface area (Å²) in [4.78, 5) is 12.4. The number of nitrogens with one attached hydrogen (secondary N) is 1. The first-order valence-corrected chi connectivity index (χ1v) is 10.0. The third-order valence-corrected chi connectivity index (χ3v) is 4.98. The van der Waals surface area contributed by atoms with Crippen LogP contribution in [0.4, 0.5) is 11.4 Å². The van der Waals surface area contributed by atoms with Crippen molar-refractivity contribution in [3.63, 3.8) is 0 Å². The molecule has 0 fully saturated rings. The predicted octanol–water partition coefficient (Wildman–Crippen LogP) is 2.72. The largest absolute Gasteiger partial charge is 0.325 e. The molecule has 136 valence electrons. The summed E-state index contributed by atoms with van der Waals surface area (Å²) in [6.45, 7) is 1.62. The van der Waals surface area contributed by atoms with Crippen LogP contribution >= 0.6 is 0 Å². The number of hydrogen-bond acceptors (Lipinski definition) is 4. The molecule has 6 nitrogen and oxygen atoms in total. The molecule has 1 N–H and O–H groups in total. The lowest BCUT2D eigenvalue weighted by Crippen LogP contribution is -2.38. The Morgan fingerprint density at radius 3 is 2.38 bits per heavy atom. The average Bonchev–Trinajstić information content (AvgIpc) is 2.60. The minimum absolute atomic E-state index is 0.296. The molecule has 0 aliphatic heterocycles. The summed E-state index contributed by atoms with van der Waals surface area (Å²) in [5, 5.41) is 11.4. The topological polar surface area (TPSA) is 90.3 Å². The van der Waals surface area contributed by atoms with Crippen LogP contribution in [0.5, 0.6) is 0 Å². The fourth-order valence-electron chi connectivity index (χ4n) is 2.56. The molecule has 0 radical (unpaired) electrons. The number of hydrogen-bond donors (Lipinski definition) is 1. The van der Waals surface area contributed by atoms with Gasteiger partial charge in [-0.05, 0) is 35.7 Å². The highest BCUT2D eigenvalue weighted by atomic mass is 32.2. The summed E-state index contributed by atoms with van der Waals surface area (Å²) in [6.07, 6.45) is 2.04. The van der Waals surface area contributed by atoms with Crippen molar-refractivity contribution in [2.45, 2.75) is 19.8 Å². The van der Waals surface area contributed by atoms with Gasteiger partial charge in [0.2, 0.25) is 15.9 Å². The fraction of sp³-hybridized carbons (Fsp3) is 0.263. The third-order valence-electron chi connectivity index (χ3n) is 3.85. The lowest BCUT2D eigenvalue weighted by molar-refractivity contribution is -0.114. The van der Waals surface area contributed by atoms with Crippen molar-refractivity contribution >= 4 is 27.3 Å². The van der Waals surface area contributed by atoms with E-state index in [2.05, 4.69) is 11.4 Å². The molecule has 0 saturated carbocycles. The minimum Gasteiger partial charge on any atom is -0.325 e. The minimum atomic E-state index is -3.62. The average molecular weight is 371 g/mol. The van der Waals surface area contributed by atoms with Crippen molar-refractivity contribution in [1.82, 2.24) is 0 Å². The number of nitriles is 1. The number of para-hydroxylation sites is 1. The number of carbonyl (C=O) groups is 1. The standard InChI is InChI=1S/C19H21N3O3S/c1-3-16-6-4-5-7-18(16)22(26(2,24)25)14-19(23)21-17-10-8-15(9-11-17)12-13-20/h4-11H,3,12,14H2,1-2H3,(H,21,23). The number of nitrogens with zero attached hydrogens (tertiary/aromatic N) is 2. The van der Waals surface area contributed by atoms with Crippen molar-refractivity contribution in [2.24, 2.45) is 0 Å². The van der Waals surface area contributed by atoms with Gasteiger partial charge in [0.15, 0.2) is 0 Å². The van der Waals surface area contributed by atoms with Gasteiger partial charge in [0.05, 0.1) is 24.4 Å². The van der Waals surface area contributed by atoms with Gasteiger partial charge in [0.25, 0.3) is 0 Å². The highest BCUT2D eigenvalue weighted by molar-refractivity contribution is 7.92. The first-order valence-electron chi connectivity index (χ1n) is 8.16. The Labute approximate surface area is 154 Å². The molecule has 0 aromatic heterocycles. The molecule has 0 atom stereocenters. The van der Waals surface area contributed by atoms with Crippen LogP contribution < -0.4 is 9.62 Å². The van der Waals surface area contributed by atoms with Crippen LogP contribution in [-0.2, 0) is 27.7 Å². The molecule has 0 unspecified atom stereocenters. The number of sulfonamides is 1. The molecule has 0 heterocycles. The summed E-state index contributed by atoms with van der Waals surface area (Å²) in [5.41, 5.74) is 2.76. The number of benzene rings is 2. The van der Waals surface area contributed by atoms with E-state index in [0.29, 0.717) is 24.2 Å². The Balaban J connectivity index is 2.18. The summed E-state index contributed by atoms with van der Waals surface area (Å²) in [6, 6.07) is 16.1. The quantitative estimate of drug-likeness (QED) is 0.810. The summed E-state index contributed by atoms with van der Waals surface area (Å²) in [7, 11) is -3.62. The van der Waals surface area contributed by atoms with Gasteiger partial charge in [-0.1, -0.05) is 37.3 Å². The van der Waals surface area contributed by atoms with E-state index in [1.165, 1.54) is 0 Å².